The minimum atomic E-state index is 0.318. The smallest absolute Gasteiger partial charge is 0.222 e. The van der Waals surface area contributed by atoms with E-state index in [1.165, 1.54) is 22.2 Å². The fourth-order valence-corrected chi connectivity index (χ4v) is 4.35. The highest BCUT2D eigenvalue weighted by Crippen LogP contribution is 2.24. The summed E-state index contributed by atoms with van der Waals surface area (Å²) in [5.41, 5.74) is 6.24. The normalized spacial score (nSPS) is 15.2. The second-order valence-electron chi connectivity index (χ2n) is 8.49. The number of imidazole rings is 1. The van der Waals surface area contributed by atoms with E-state index in [4.69, 9.17) is 0 Å². The number of aromatic nitrogens is 2. The van der Waals surface area contributed by atoms with Crippen molar-refractivity contribution in [3.63, 3.8) is 0 Å². The van der Waals surface area contributed by atoms with Gasteiger partial charge in [0.05, 0.1) is 17.4 Å². The molecule has 2 heterocycles. The monoisotopic (exact) mass is 389 g/mol. The molecule has 4 nitrogen and oxygen atoms in total. The van der Waals surface area contributed by atoms with Crippen molar-refractivity contribution in [2.24, 2.45) is 5.92 Å². The topological polar surface area (TPSA) is 38.1 Å². The van der Waals surface area contributed by atoms with Crippen LogP contribution in [0.4, 0.5) is 0 Å². The van der Waals surface area contributed by atoms with Gasteiger partial charge in [-0.15, -0.1) is 0 Å². The van der Waals surface area contributed by atoms with E-state index in [1.807, 2.05) is 12.4 Å². The maximum Gasteiger partial charge on any atom is 0.222 e. The van der Waals surface area contributed by atoms with E-state index in [-0.39, 0.29) is 0 Å². The van der Waals surface area contributed by atoms with Crippen molar-refractivity contribution in [3.8, 4) is 0 Å². The largest absolute Gasteiger partial charge is 0.343 e. The third-order valence-electron chi connectivity index (χ3n) is 6.36. The molecule has 0 atom stereocenters. The summed E-state index contributed by atoms with van der Waals surface area (Å²) in [4.78, 5) is 19.2. The van der Waals surface area contributed by atoms with Crippen LogP contribution in [0.15, 0.2) is 48.8 Å². The Morgan fingerprint density at radius 3 is 2.55 bits per heavy atom. The zero-order valence-corrected chi connectivity index (χ0v) is 17.6. The molecule has 4 rings (SSSR count). The summed E-state index contributed by atoms with van der Waals surface area (Å²) in [5, 5.41) is 0. The van der Waals surface area contributed by atoms with Gasteiger partial charge >= 0.3 is 0 Å². The summed E-state index contributed by atoms with van der Waals surface area (Å²) in [6.45, 7) is 7.07. The van der Waals surface area contributed by atoms with E-state index in [9.17, 15) is 4.79 Å². The van der Waals surface area contributed by atoms with E-state index in [2.05, 4.69) is 64.7 Å². The Kier molecular flexibility index (Phi) is 5.98. The number of fused-ring (bicyclic) bond motifs is 1. The van der Waals surface area contributed by atoms with Gasteiger partial charge in [-0.25, -0.2) is 4.98 Å². The number of rotatable bonds is 6. The molecule has 1 aromatic heterocycles. The van der Waals surface area contributed by atoms with Crippen LogP contribution in [0.25, 0.3) is 11.0 Å². The summed E-state index contributed by atoms with van der Waals surface area (Å²) >= 11 is 0. The van der Waals surface area contributed by atoms with Gasteiger partial charge in [0, 0.05) is 26.1 Å². The summed E-state index contributed by atoms with van der Waals surface area (Å²) in [7, 11) is 0. The first-order valence-electron chi connectivity index (χ1n) is 10.8. The average molecular weight is 390 g/mol. The highest BCUT2D eigenvalue weighted by atomic mass is 16.2. The van der Waals surface area contributed by atoms with Gasteiger partial charge in [0.15, 0.2) is 0 Å². The first-order valence-corrected chi connectivity index (χ1v) is 10.8. The molecule has 0 spiro atoms. The lowest BCUT2D eigenvalue weighted by atomic mass is 9.96. The molecule has 0 radical (unpaired) electrons. The molecule has 1 saturated heterocycles. The molecule has 4 heteroatoms. The van der Waals surface area contributed by atoms with E-state index >= 15 is 0 Å². The number of aryl methyl sites for hydroxylation is 3. The quantitative estimate of drug-likeness (QED) is 0.600. The van der Waals surface area contributed by atoms with Crippen LogP contribution in [-0.2, 0) is 17.8 Å². The van der Waals surface area contributed by atoms with Gasteiger partial charge < -0.3 is 9.47 Å². The molecule has 1 aliphatic heterocycles. The van der Waals surface area contributed by atoms with E-state index in [0.717, 1.165) is 50.8 Å². The van der Waals surface area contributed by atoms with Gasteiger partial charge in [-0.1, -0.05) is 30.3 Å². The molecule has 29 heavy (non-hydrogen) atoms. The van der Waals surface area contributed by atoms with Crippen molar-refractivity contribution in [2.75, 3.05) is 13.1 Å². The number of benzene rings is 2. The van der Waals surface area contributed by atoms with Gasteiger partial charge in [0.25, 0.3) is 0 Å². The fourth-order valence-electron chi connectivity index (χ4n) is 4.35. The van der Waals surface area contributed by atoms with Crippen molar-refractivity contribution in [1.82, 2.24) is 14.5 Å². The van der Waals surface area contributed by atoms with Crippen molar-refractivity contribution in [3.05, 3.63) is 65.5 Å². The molecule has 152 valence electrons. The SMILES string of the molecule is Cc1cc2ncn(CC3CCN(C(=O)CCCc4ccccc4)CC3)c2cc1C. The Labute approximate surface area is 173 Å². The van der Waals surface area contributed by atoms with Gasteiger partial charge in [-0.2, -0.15) is 0 Å². The Hall–Kier alpha value is -2.62. The Bertz CT molecular complexity index is 968. The van der Waals surface area contributed by atoms with E-state index < -0.39 is 0 Å². The predicted octanol–water partition coefficient (Wildman–Crippen LogP) is 4.91. The highest BCUT2D eigenvalue weighted by Gasteiger charge is 2.23. The molecule has 1 aliphatic rings. The summed E-state index contributed by atoms with van der Waals surface area (Å²) in [6.07, 6.45) is 6.71. The molecule has 3 aromatic rings. The van der Waals surface area contributed by atoms with Crippen LogP contribution in [0.3, 0.4) is 0 Å². The summed E-state index contributed by atoms with van der Waals surface area (Å²) in [6, 6.07) is 14.9. The molecular weight excluding hydrogens is 358 g/mol. The number of amides is 1. The number of nitrogens with zero attached hydrogens (tertiary/aromatic N) is 3. The van der Waals surface area contributed by atoms with Crippen molar-refractivity contribution < 1.29 is 4.79 Å². The van der Waals surface area contributed by atoms with Crippen LogP contribution < -0.4 is 0 Å². The van der Waals surface area contributed by atoms with Crippen molar-refractivity contribution in [2.45, 2.75) is 52.5 Å². The van der Waals surface area contributed by atoms with Crippen LogP contribution >= 0.6 is 0 Å². The second kappa shape index (κ2) is 8.81. The van der Waals surface area contributed by atoms with Crippen molar-refractivity contribution >= 4 is 16.9 Å². The number of hydrogen-bond donors (Lipinski definition) is 0. The maximum absolute atomic E-state index is 12.6. The zero-order chi connectivity index (χ0) is 20.2. The molecule has 0 N–H and O–H groups in total. The van der Waals surface area contributed by atoms with E-state index in [0.29, 0.717) is 18.2 Å². The lowest BCUT2D eigenvalue weighted by Crippen LogP contribution is -2.39. The Balaban J connectivity index is 1.26. The van der Waals surface area contributed by atoms with Crippen LogP contribution in [0.5, 0.6) is 0 Å². The van der Waals surface area contributed by atoms with Gasteiger partial charge in [-0.3, -0.25) is 4.79 Å². The summed E-state index contributed by atoms with van der Waals surface area (Å²) in [5.74, 6) is 0.931. The maximum atomic E-state index is 12.6. The minimum absolute atomic E-state index is 0.318. The standard InChI is InChI=1S/C25H31N3O/c1-19-15-23-24(16-20(19)2)28(18-26-23)17-22-11-13-27(14-12-22)25(29)10-6-9-21-7-4-3-5-8-21/h3-5,7-8,15-16,18,22H,6,9-14,17H2,1-2H3. The van der Waals surface area contributed by atoms with Gasteiger partial charge in [0.1, 0.15) is 0 Å². The van der Waals surface area contributed by atoms with Crippen LogP contribution in [0.1, 0.15) is 42.4 Å². The number of carbonyl (C=O) groups excluding carboxylic acids is 1. The number of piperidine rings is 1. The molecule has 0 aliphatic carbocycles. The second-order valence-corrected chi connectivity index (χ2v) is 8.49. The van der Waals surface area contributed by atoms with Gasteiger partial charge in [0.2, 0.25) is 5.91 Å². The first-order chi connectivity index (χ1) is 14.1. The molecule has 1 amide bonds. The Morgan fingerprint density at radius 2 is 1.79 bits per heavy atom. The number of carbonyl (C=O) groups is 1. The highest BCUT2D eigenvalue weighted by molar-refractivity contribution is 5.77. The minimum Gasteiger partial charge on any atom is -0.343 e. The molecule has 2 aromatic carbocycles. The molecule has 0 bridgehead atoms. The van der Waals surface area contributed by atoms with Crippen molar-refractivity contribution in [1.29, 1.82) is 0 Å². The lowest BCUT2D eigenvalue weighted by molar-refractivity contribution is -0.132. The fraction of sp³-hybridized carbons (Fsp3) is 0.440. The summed E-state index contributed by atoms with van der Waals surface area (Å²) < 4.78 is 2.30. The van der Waals surface area contributed by atoms with E-state index in [1.54, 1.807) is 0 Å². The number of hydrogen-bond acceptors (Lipinski definition) is 2. The molecule has 0 saturated carbocycles. The van der Waals surface area contributed by atoms with Crippen LogP contribution in [0.2, 0.25) is 0 Å². The zero-order valence-electron chi connectivity index (χ0n) is 17.6. The first kappa shape index (κ1) is 19.7. The molecular formula is C25H31N3O. The third-order valence-corrected chi connectivity index (χ3v) is 6.36. The van der Waals surface area contributed by atoms with Gasteiger partial charge in [-0.05, 0) is 74.3 Å². The Morgan fingerprint density at radius 1 is 1.07 bits per heavy atom. The molecule has 0 unspecified atom stereocenters. The predicted molar refractivity (Wildman–Crippen MR) is 118 cm³/mol. The number of likely N-dealkylation sites (tertiary alicyclic amines) is 1. The van der Waals surface area contributed by atoms with Crippen LogP contribution in [-0.4, -0.2) is 33.4 Å². The lowest BCUT2D eigenvalue weighted by Gasteiger charge is -2.32. The molecule has 1 fully saturated rings. The third kappa shape index (κ3) is 4.69. The van der Waals surface area contributed by atoms with Crippen LogP contribution in [0, 0.1) is 19.8 Å². The average Bonchev–Trinajstić information content (AvgIpc) is 3.11.